The number of benzene rings is 3. The highest BCUT2D eigenvalue weighted by molar-refractivity contribution is 6.46. The first-order valence-corrected chi connectivity index (χ1v) is 14.3. The lowest BCUT2D eigenvalue weighted by atomic mass is 9.95. The minimum absolute atomic E-state index is 0.0361. The van der Waals surface area contributed by atoms with E-state index in [1.54, 1.807) is 43.5 Å². The molecule has 0 aliphatic carbocycles. The van der Waals surface area contributed by atoms with Gasteiger partial charge in [-0.05, 0) is 80.5 Å². The number of likely N-dealkylation sites (tertiary alicyclic amines) is 1. The molecule has 3 aromatic rings. The Labute approximate surface area is 248 Å². The van der Waals surface area contributed by atoms with Gasteiger partial charge in [0.1, 0.15) is 18.1 Å². The second kappa shape index (κ2) is 14.0. The molecule has 0 radical (unpaired) electrons. The van der Waals surface area contributed by atoms with Crippen molar-refractivity contribution < 1.29 is 28.9 Å². The van der Waals surface area contributed by atoms with E-state index in [1.807, 2.05) is 56.3 Å². The number of rotatable bonds is 13. The Balaban J connectivity index is 1.68. The monoisotopic (exact) mass is 572 g/mol. The quantitative estimate of drug-likeness (QED) is 0.121. The highest BCUT2D eigenvalue weighted by Gasteiger charge is 2.46. The van der Waals surface area contributed by atoms with E-state index in [-0.39, 0.29) is 11.3 Å². The summed E-state index contributed by atoms with van der Waals surface area (Å²) < 4.78 is 17.4. The Hall–Kier alpha value is -4.30. The lowest BCUT2D eigenvalue weighted by molar-refractivity contribution is -0.140. The highest BCUT2D eigenvalue weighted by Crippen LogP contribution is 2.42. The van der Waals surface area contributed by atoms with Gasteiger partial charge in [0.25, 0.3) is 11.7 Å². The summed E-state index contributed by atoms with van der Waals surface area (Å²) in [6.07, 6.45) is 1.91. The molecule has 0 spiro atoms. The molecule has 0 aromatic heterocycles. The van der Waals surface area contributed by atoms with Crippen LogP contribution < -0.4 is 14.2 Å². The summed E-state index contributed by atoms with van der Waals surface area (Å²) in [4.78, 5) is 30.1. The van der Waals surface area contributed by atoms with Crippen LogP contribution in [0.2, 0.25) is 0 Å². The maximum absolute atomic E-state index is 13.4. The molecule has 1 fully saturated rings. The van der Waals surface area contributed by atoms with Crippen molar-refractivity contribution in [2.75, 3.05) is 40.9 Å². The van der Waals surface area contributed by atoms with Crippen molar-refractivity contribution >= 4 is 17.4 Å². The zero-order valence-electron chi connectivity index (χ0n) is 25.1. The van der Waals surface area contributed by atoms with Crippen LogP contribution in [0.1, 0.15) is 48.1 Å². The first-order valence-electron chi connectivity index (χ1n) is 14.3. The Kier molecular flexibility index (Phi) is 10.3. The van der Waals surface area contributed by atoms with Crippen molar-refractivity contribution in [2.45, 2.75) is 39.3 Å². The molecular formula is C34H40N2O6. The van der Waals surface area contributed by atoms with Crippen LogP contribution in [0.4, 0.5) is 0 Å². The first kappa shape index (κ1) is 30.7. The molecule has 1 unspecified atom stereocenters. The lowest BCUT2D eigenvalue weighted by Crippen LogP contribution is -2.35. The molecule has 8 nitrogen and oxygen atoms in total. The molecule has 0 saturated carbocycles. The van der Waals surface area contributed by atoms with Crippen LogP contribution in [0.15, 0.2) is 72.3 Å². The molecule has 1 aliphatic heterocycles. The lowest BCUT2D eigenvalue weighted by Gasteiger charge is -2.27. The van der Waals surface area contributed by atoms with Gasteiger partial charge in [-0.3, -0.25) is 9.59 Å². The Bertz CT molecular complexity index is 1430. The maximum Gasteiger partial charge on any atom is 0.295 e. The molecule has 1 N–H and O–H groups in total. The van der Waals surface area contributed by atoms with Crippen LogP contribution in [0.5, 0.6) is 17.2 Å². The smallest absolute Gasteiger partial charge is 0.295 e. The van der Waals surface area contributed by atoms with Crippen LogP contribution in [-0.2, 0) is 16.2 Å². The van der Waals surface area contributed by atoms with Crippen molar-refractivity contribution in [3.63, 3.8) is 0 Å². The summed E-state index contributed by atoms with van der Waals surface area (Å²) in [5, 5.41) is 11.5. The molecule has 42 heavy (non-hydrogen) atoms. The number of aliphatic hydroxyl groups excluding tert-OH is 1. The van der Waals surface area contributed by atoms with E-state index in [1.165, 1.54) is 4.90 Å². The number of Topliss-reactive ketones (excluding diaryl/α,β-unsaturated/α-hetero) is 1. The second-order valence-electron chi connectivity index (χ2n) is 10.6. The van der Waals surface area contributed by atoms with Gasteiger partial charge >= 0.3 is 0 Å². The number of hydrogen-bond acceptors (Lipinski definition) is 7. The van der Waals surface area contributed by atoms with E-state index < -0.39 is 17.7 Å². The standard InChI is InChI=1S/C34H40N2O6/c1-6-7-20-41-28-17-14-25(21-29(28)40-5)31-30(33(38)34(39)36(31)19-18-35(3)4)32(37)24-12-15-27(16-13-24)42-22-26-11-9-8-10-23(26)2/h8-17,21,31,37H,6-7,18-20,22H2,1-5H3. The van der Waals surface area contributed by atoms with E-state index in [0.29, 0.717) is 54.7 Å². The molecule has 0 bridgehead atoms. The Morgan fingerprint density at radius 2 is 1.71 bits per heavy atom. The van der Waals surface area contributed by atoms with Crippen LogP contribution in [0.25, 0.3) is 5.76 Å². The average Bonchev–Trinajstić information content (AvgIpc) is 3.24. The molecule has 222 valence electrons. The number of unbranched alkanes of at least 4 members (excludes halogenated alkanes) is 1. The number of nitrogens with zero attached hydrogens (tertiary/aromatic N) is 2. The molecular weight excluding hydrogens is 532 g/mol. The van der Waals surface area contributed by atoms with E-state index in [0.717, 1.165) is 24.0 Å². The fourth-order valence-electron chi connectivity index (χ4n) is 4.86. The summed E-state index contributed by atoms with van der Waals surface area (Å²) in [5.41, 5.74) is 3.32. The molecule has 1 heterocycles. The van der Waals surface area contributed by atoms with Gasteiger partial charge < -0.3 is 29.1 Å². The minimum atomic E-state index is -0.791. The third-order valence-corrected chi connectivity index (χ3v) is 7.37. The van der Waals surface area contributed by atoms with Crippen molar-refractivity contribution in [1.29, 1.82) is 0 Å². The normalized spacial score (nSPS) is 16.2. The van der Waals surface area contributed by atoms with Gasteiger partial charge in [0, 0.05) is 18.7 Å². The number of aryl methyl sites for hydroxylation is 1. The summed E-state index contributed by atoms with van der Waals surface area (Å²) in [5.74, 6) is 0.0972. The van der Waals surface area contributed by atoms with Gasteiger partial charge in [0.05, 0.1) is 25.3 Å². The zero-order valence-corrected chi connectivity index (χ0v) is 25.1. The van der Waals surface area contributed by atoms with Crippen molar-refractivity contribution in [3.8, 4) is 17.2 Å². The number of amides is 1. The summed E-state index contributed by atoms with van der Waals surface area (Å²) in [6, 6.07) is 19.5. The predicted molar refractivity (Wildman–Crippen MR) is 163 cm³/mol. The van der Waals surface area contributed by atoms with Gasteiger partial charge in [-0.15, -0.1) is 0 Å². The average molecular weight is 573 g/mol. The highest BCUT2D eigenvalue weighted by atomic mass is 16.5. The van der Waals surface area contributed by atoms with E-state index >= 15 is 0 Å². The third-order valence-electron chi connectivity index (χ3n) is 7.37. The molecule has 8 heteroatoms. The summed E-state index contributed by atoms with van der Waals surface area (Å²) in [6.45, 7) is 5.94. The van der Waals surface area contributed by atoms with Crippen LogP contribution >= 0.6 is 0 Å². The van der Waals surface area contributed by atoms with Crippen molar-refractivity contribution in [1.82, 2.24) is 9.80 Å². The first-order chi connectivity index (χ1) is 20.2. The number of likely N-dealkylation sites (N-methyl/N-ethyl adjacent to an activating group) is 1. The van der Waals surface area contributed by atoms with Gasteiger partial charge in [-0.1, -0.05) is 43.7 Å². The molecule has 1 amide bonds. The fourth-order valence-corrected chi connectivity index (χ4v) is 4.86. The maximum atomic E-state index is 13.4. The number of ether oxygens (including phenoxy) is 3. The number of methoxy groups -OCH3 is 1. The third kappa shape index (κ3) is 6.94. The van der Waals surface area contributed by atoms with Crippen molar-refractivity contribution in [3.05, 3.63) is 94.6 Å². The second-order valence-corrected chi connectivity index (χ2v) is 10.6. The van der Waals surface area contributed by atoms with E-state index in [9.17, 15) is 14.7 Å². The molecule has 1 saturated heterocycles. The van der Waals surface area contributed by atoms with Crippen LogP contribution in [0, 0.1) is 6.92 Å². The minimum Gasteiger partial charge on any atom is -0.507 e. The number of ketones is 1. The topological polar surface area (TPSA) is 88.5 Å². The van der Waals surface area contributed by atoms with Crippen LogP contribution in [0.3, 0.4) is 0 Å². The molecule has 3 aromatic carbocycles. The molecule has 1 atom stereocenters. The number of carbonyl (C=O) groups excluding carboxylic acids is 2. The van der Waals surface area contributed by atoms with Gasteiger partial charge in [0.15, 0.2) is 11.5 Å². The Morgan fingerprint density at radius 3 is 2.38 bits per heavy atom. The molecule has 1 aliphatic rings. The van der Waals surface area contributed by atoms with Crippen molar-refractivity contribution in [2.24, 2.45) is 0 Å². The van der Waals surface area contributed by atoms with Gasteiger partial charge in [0.2, 0.25) is 0 Å². The SMILES string of the molecule is CCCCOc1ccc(C2C(=C(O)c3ccc(OCc4ccccc4C)cc3)C(=O)C(=O)N2CCN(C)C)cc1OC. The summed E-state index contributed by atoms with van der Waals surface area (Å²) >= 11 is 0. The largest absolute Gasteiger partial charge is 0.507 e. The number of aliphatic hydroxyl groups is 1. The number of hydrogen-bond donors (Lipinski definition) is 1. The zero-order chi connectivity index (χ0) is 30.2. The van der Waals surface area contributed by atoms with E-state index in [2.05, 4.69) is 6.92 Å². The fraction of sp³-hybridized carbons (Fsp3) is 0.353. The van der Waals surface area contributed by atoms with Gasteiger partial charge in [-0.25, -0.2) is 0 Å². The predicted octanol–water partition coefficient (Wildman–Crippen LogP) is 5.74. The van der Waals surface area contributed by atoms with Gasteiger partial charge in [-0.2, -0.15) is 0 Å². The molecule has 4 rings (SSSR count). The Morgan fingerprint density at radius 1 is 0.976 bits per heavy atom. The summed E-state index contributed by atoms with van der Waals surface area (Å²) in [7, 11) is 5.36. The number of carbonyl (C=O) groups is 2. The van der Waals surface area contributed by atoms with E-state index in [4.69, 9.17) is 14.2 Å². The van der Waals surface area contributed by atoms with Crippen LogP contribution in [-0.4, -0.2) is 67.5 Å².